The maximum Gasteiger partial charge on any atom is 0.222 e. The molecule has 0 unspecified atom stereocenters. The smallest absolute Gasteiger partial charge is 0.222 e. The fourth-order valence-corrected chi connectivity index (χ4v) is 4.03. The van der Waals surface area contributed by atoms with E-state index in [0.717, 1.165) is 60.4 Å². The summed E-state index contributed by atoms with van der Waals surface area (Å²) in [5.41, 5.74) is 3.31. The predicted molar refractivity (Wildman–Crippen MR) is 107 cm³/mol. The zero-order valence-electron chi connectivity index (χ0n) is 16.3. The molecule has 0 N–H and O–H groups in total. The maximum absolute atomic E-state index is 12.3. The summed E-state index contributed by atoms with van der Waals surface area (Å²) in [6, 6.07) is 10.2. The van der Waals surface area contributed by atoms with Gasteiger partial charge in [-0.2, -0.15) is 0 Å². The molecule has 2 aliphatic heterocycles. The van der Waals surface area contributed by atoms with Crippen LogP contribution in [0.3, 0.4) is 0 Å². The second kappa shape index (κ2) is 7.67. The van der Waals surface area contributed by atoms with Crippen molar-refractivity contribution in [3.8, 4) is 11.4 Å². The Hall–Kier alpha value is -2.43. The van der Waals surface area contributed by atoms with E-state index in [1.807, 2.05) is 30.0 Å². The average Bonchev–Trinajstić information content (AvgIpc) is 2.73. The lowest BCUT2D eigenvalue weighted by Crippen LogP contribution is -2.39. The maximum atomic E-state index is 12.3. The van der Waals surface area contributed by atoms with E-state index >= 15 is 0 Å². The molecule has 2 aromatic rings. The Morgan fingerprint density at radius 2 is 1.85 bits per heavy atom. The fourth-order valence-electron chi connectivity index (χ4n) is 4.03. The van der Waals surface area contributed by atoms with Gasteiger partial charge in [-0.1, -0.05) is 44.2 Å². The van der Waals surface area contributed by atoms with Gasteiger partial charge in [0.1, 0.15) is 5.82 Å². The summed E-state index contributed by atoms with van der Waals surface area (Å²) < 4.78 is 0. The molecule has 142 valence electrons. The Kier molecular flexibility index (Phi) is 5.10. The van der Waals surface area contributed by atoms with E-state index in [0.29, 0.717) is 13.0 Å². The van der Waals surface area contributed by atoms with Gasteiger partial charge >= 0.3 is 0 Å². The molecule has 1 aromatic heterocycles. The van der Waals surface area contributed by atoms with Crippen LogP contribution in [0.4, 0.5) is 5.82 Å². The first-order valence-corrected chi connectivity index (χ1v) is 10.1. The third-order valence-electron chi connectivity index (χ3n) is 5.81. The molecule has 27 heavy (non-hydrogen) atoms. The van der Waals surface area contributed by atoms with Crippen molar-refractivity contribution in [2.45, 2.75) is 46.1 Å². The van der Waals surface area contributed by atoms with Crippen LogP contribution in [-0.2, 0) is 17.8 Å². The van der Waals surface area contributed by atoms with E-state index in [2.05, 4.69) is 24.0 Å². The second-order valence-corrected chi connectivity index (χ2v) is 7.75. The molecule has 0 radical (unpaired) electrons. The van der Waals surface area contributed by atoms with Gasteiger partial charge in [-0.25, -0.2) is 9.97 Å². The largest absolute Gasteiger partial charge is 0.356 e. The highest BCUT2D eigenvalue weighted by atomic mass is 16.2. The van der Waals surface area contributed by atoms with Crippen molar-refractivity contribution in [1.29, 1.82) is 0 Å². The van der Waals surface area contributed by atoms with Gasteiger partial charge in [0.2, 0.25) is 5.91 Å². The molecule has 2 aliphatic rings. The van der Waals surface area contributed by atoms with Crippen molar-refractivity contribution in [2.75, 3.05) is 24.5 Å². The molecule has 1 saturated heterocycles. The summed E-state index contributed by atoms with van der Waals surface area (Å²) in [6.07, 6.45) is 3.74. The molecule has 1 amide bonds. The van der Waals surface area contributed by atoms with E-state index in [1.165, 1.54) is 12.8 Å². The number of fused-ring (bicyclic) bond motifs is 1. The third-order valence-corrected chi connectivity index (χ3v) is 5.81. The van der Waals surface area contributed by atoms with Crippen molar-refractivity contribution in [2.24, 2.45) is 5.92 Å². The highest BCUT2D eigenvalue weighted by molar-refractivity contribution is 5.76. The van der Waals surface area contributed by atoms with Gasteiger partial charge in [0.25, 0.3) is 0 Å². The molecule has 3 heterocycles. The van der Waals surface area contributed by atoms with E-state index in [1.54, 1.807) is 0 Å². The molecule has 5 heteroatoms. The highest BCUT2D eigenvalue weighted by Gasteiger charge is 2.28. The topological polar surface area (TPSA) is 49.3 Å². The minimum absolute atomic E-state index is 0.214. The van der Waals surface area contributed by atoms with Crippen molar-refractivity contribution in [1.82, 2.24) is 14.9 Å². The summed E-state index contributed by atoms with van der Waals surface area (Å²) in [5, 5.41) is 0. The number of anilines is 1. The standard InChI is InChI=1S/C22H28N4O/c1-3-20(27)26-14-11-19-18(15-26)22(25-12-9-16(2)10-13-25)24-21(23-19)17-7-5-4-6-8-17/h4-8,16H,3,9-15H2,1-2H3. The number of benzene rings is 1. The molecule has 1 fully saturated rings. The number of carbonyl (C=O) groups excluding carboxylic acids is 1. The fraction of sp³-hybridized carbons (Fsp3) is 0.500. The van der Waals surface area contributed by atoms with E-state index in [9.17, 15) is 4.79 Å². The van der Waals surface area contributed by atoms with Crippen LogP contribution in [0.2, 0.25) is 0 Å². The Morgan fingerprint density at radius 3 is 2.56 bits per heavy atom. The van der Waals surface area contributed by atoms with Gasteiger partial charge in [-0.15, -0.1) is 0 Å². The molecule has 0 saturated carbocycles. The quantitative estimate of drug-likeness (QED) is 0.834. The molecular weight excluding hydrogens is 336 g/mol. The molecule has 0 spiro atoms. The van der Waals surface area contributed by atoms with Crippen molar-refractivity contribution >= 4 is 11.7 Å². The third kappa shape index (κ3) is 3.68. The molecule has 5 nitrogen and oxygen atoms in total. The Bertz CT molecular complexity index is 813. The Labute approximate surface area is 161 Å². The van der Waals surface area contributed by atoms with Crippen molar-refractivity contribution in [3.05, 3.63) is 41.6 Å². The Balaban J connectivity index is 1.75. The number of rotatable bonds is 3. The molecule has 0 bridgehead atoms. The normalized spacial score (nSPS) is 17.7. The summed E-state index contributed by atoms with van der Waals surface area (Å²) in [6.45, 7) is 7.70. The monoisotopic (exact) mass is 364 g/mol. The number of hydrogen-bond donors (Lipinski definition) is 0. The number of piperidine rings is 1. The number of nitrogens with zero attached hydrogens (tertiary/aromatic N) is 4. The summed E-state index contributed by atoms with van der Waals surface area (Å²) in [5.74, 6) is 2.83. The van der Waals surface area contributed by atoms with Crippen molar-refractivity contribution < 1.29 is 4.79 Å². The number of amides is 1. The van der Waals surface area contributed by atoms with Crippen LogP contribution in [-0.4, -0.2) is 40.4 Å². The van der Waals surface area contributed by atoms with Crippen LogP contribution in [0.15, 0.2) is 30.3 Å². The van der Waals surface area contributed by atoms with Gasteiger partial charge in [0.05, 0.1) is 12.2 Å². The van der Waals surface area contributed by atoms with Crippen LogP contribution in [0.1, 0.15) is 44.4 Å². The van der Waals surface area contributed by atoms with E-state index in [4.69, 9.17) is 9.97 Å². The summed E-state index contributed by atoms with van der Waals surface area (Å²) in [7, 11) is 0. The van der Waals surface area contributed by atoms with E-state index < -0.39 is 0 Å². The van der Waals surface area contributed by atoms with Crippen LogP contribution in [0, 0.1) is 5.92 Å². The van der Waals surface area contributed by atoms with Crippen LogP contribution >= 0.6 is 0 Å². The van der Waals surface area contributed by atoms with Gasteiger partial charge in [-0.3, -0.25) is 4.79 Å². The first kappa shape index (κ1) is 18.0. The number of aromatic nitrogens is 2. The predicted octanol–water partition coefficient (Wildman–Crippen LogP) is 3.67. The second-order valence-electron chi connectivity index (χ2n) is 7.75. The minimum atomic E-state index is 0.214. The number of carbonyl (C=O) groups is 1. The molecular formula is C22H28N4O. The van der Waals surface area contributed by atoms with Gasteiger partial charge in [0.15, 0.2) is 5.82 Å². The first-order chi connectivity index (χ1) is 13.2. The lowest BCUT2D eigenvalue weighted by Gasteiger charge is -2.36. The zero-order valence-corrected chi connectivity index (χ0v) is 16.3. The molecule has 0 aliphatic carbocycles. The molecule has 4 rings (SSSR count). The highest BCUT2D eigenvalue weighted by Crippen LogP contribution is 2.32. The van der Waals surface area contributed by atoms with Gasteiger partial charge in [0, 0.05) is 43.6 Å². The van der Waals surface area contributed by atoms with Gasteiger partial charge in [-0.05, 0) is 18.8 Å². The van der Waals surface area contributed by atoms with Crippen LogP contribution in [0.25, 0.3) is 11.4 Å². The Morgan fingerprint density at radius 1 is 1.11 bits per heavy atom. The lowest BCUT2D eigenvalue weighted by atomic mass is 9.98. The van der Waals surface area contributed by atoms with Crippen molar-refractivity contribution in [3.63, 3.8) is 0 Å². The number of hydrogen-bond acceptors (Lipinski definition) is 4. The minimum Gasteiger partial charge on any atom is -0.356 e. The van der Waals surface area contributed by atoms with E-state index in [-0.39, 0.29) is 5.91 Å². The van der Waals surface area contributed by atoms with Crippen LogP contribution < -0.4 is 4.90 Å². The SMILES string of the molecule is CCC(=O)N1CCc2nc(-c3ccccc3)nc(N3CCC(C)CC3)c2C1. The molecule has 1 aromatic carbocycles. The first-order valence-electron chi connectivity index (χ1n) is 10.1. The summed E-state index contributed by atoms with van der Waals surface area (Å²) in [4.78, 5) is 26.5. The summed E-state index contributed by atoms with van der Waals surface area (Å²) >= 11 is 0. The van der Waals surface area contributed by atoms with Gasteiger partial charge < -0.3 is 9.80 Å². The van der Waals surface area contributed by atoms with Crippen LogP contribution in [0.5, 0.6) is 0 Å². The molecule has 0 atom stereocenters. The zero-order chi connectivity index (χ0) is 18.8. The lowest BCUT2D eigenvalue weighted by molar-refractivity contribution is -0.131. The average molecular weight is 364 g/mol.